The number of hydrogen-bond donors (Lipinski definition) is 0. The van der Waals surface area contributed by atoms with E-state index in [-0.39, 0.29) is 12.4 Å². The lowest BCUT2D eigenvalue weighted by atomic mass is 10.4. The molecule has 0 saturated carbocycles. The van der Waals surface area contributed by atoms with Gasteiger partial charge in [0, 0.05) is 11.9 Å². The lowest BCUT2D eigenvalue weighted by molar-refractivity contribution is 0.418. The summed E-state index contributed by atoms with van der Waals surface area (Å²) in [5, 5.41) is 0.421. The largest absolute Gasteiger partial charge is 0.305 e. The Hall–Kier alpha value is 0.540. The Morgan fingerprint density at radius 2 is 2.25 bits per heavy atom. The summed E-state index contributed by atoms with van der Waals surface area (Å²) in [5.41, 5.74) is 0. The molecule has 50 valence electrons. The third kappa shape index (κ3) is 2.21. The highest BCUT2D eigenvalue weighted by atomic mass is 35.5. The molecule has 1 aliphatic rings. The molecular weight excluding hydrogens is 145 g/mol. The molecule has 0 aliphatic carbocycles. The fourth-order valence-corrected chi connectivity index (χ4v) is 1.21. The van der Waals surface area contributed by atoms with Crippen molar-refractivity contribution < 1.29 is 0 Å². The summed E-state index contributed by atoms with van der Waals surface area (Å²) in [6.45, 7) is 2.25. The van der Waals surface area contributed by atoms with Crippen molar-refractivity contribution in [1.29, 1.82) is 0 Å². The topological polar surface area (TPSA) is 3.24 Å². The van der Waals surface area contributed by atoms with Crippen LogP contribution in [0.25, 0.3) is 0 Å². The van der Waals surface area contributed by atoms with Crippen molar-refractivity contribution in [3.05, 3.63) is 0 Å². The minimum Gasteiger partial charge on any atom is -0.305 e. The van der Waals surface area contributed by atoms with E-state index in [9.17, 15) is 0 Å². The summed E-state index contributed by atoms with van der Waals surface area (Å²) in [5.74, 6) is 0. The Kier molecular flexibility index (Phi) is 3.78. The van der Waals surface area contributed by atoms with Gasteiger partial charge >= 0.3 is 0 Å². The van der Waals surface area contributed by atoms with Gasteiger partial charge in [-0.25, -0.2) is 0 Å². The first-order chi connectivity index (χ1) is 3.29. The third-order valence-electron chi connectivity index (χ3n) is 1.33. The molecular formula is C5H11Cl2N. The molecule has 0 N–H and O–H groups in total. The van der Waals surface area contributed by atoms with E-state index in [2.05, 4.69) is 11.9 Å². The molecule has 0 aromatic heterocycles. The van der Waals surface area contributed by atoms with Crippen LogP contribution in [0.4, 0.5) is 0 Å². The molecule has 0 spiro atoms. The van der Waals surface area contributed by atoms with Gasteiger partial charge in [0.15, 0.2) is 0 Å². The first-order valence-corrected chi connectivity index (χ1v) is 3.05. The monoisotopic (exact) mass is 155 g/mol. The standard InChI is InChI=1S/C5H10ClN.ClH/c1-7-3-2-5(6)4-7;/h5H,2-4H2,1H3;1H. The summed E-state index contributed by atoms with van der Waals surface area (Å²) in [7, 11) is 2.10. The first kappa shape index (κ1) is 8.54. The van der Waals surface area contributed by atoms with Crippen LogP contribution in [-0.2, 0) is 0 Å². The van der Waals surface area contributed by atoms with E-state index >= 15 is 0 Å². The number of halogens is 2. The van der Waals surface area contributed by atoms with Crippen LogP contribution in [0, 0.1) is 0 Å². The van der Waals surface area contributed by atoms with Crippen LogP contribution >= 0.6 is 24.0 Å². The third-order valence-corrected chi connectivity index (χ3v) is 1.69. The van der Waals surface area contributed by atoms with Gasteiger partial charge in [0.25, 0.3) is 0 Å². The van der Waals surface area contributed by atoms with Gasteiger partial charge in [0.1, 0.15) is 0 Å². The Labute approximate surface area is 61.4 Å². The maximum absolute atomic E-state index is 5.77. The van der Waals surface area contributed by atoms with Gasteiger partial charge in [0.05, 0.1) is 0 Å². The molecule has 0 aromatic carbocycles. The van der Waals surface area contributed by atoms with Gasteiger partial charge < -0.3 is 4.90 Å². The summed E-state index contributed by atoms with van der Waals surface area (Å²) in [6.07, 6.45) is 1.16. The fourth-order valence-electron chi connectivity index (χ4n) is 0.881. The zero-order chi connectivity index (χ0) is 5.28. The van der Waals surface area contributed by atoms with Crippen molar-refractivity contribution in [2.75, 3.05) is 20.1 Å². The number of alkyl halides is 1. The van der Waals surface area contributed by atoms with Crippen molar-refractivity contribution in [1.82, 2.24) is 4.90 Å². The Bertz CT molecular complexity index is 59.4. The minimum atomic E-state index is 0. The van der Waals surface area contributed by atoms with E-state index in [4.69, 9.17) is 11.6 Å². The van der Waals surface area contributed by atoms with Crippen molar-refractivity contribution in [3.63, 3.8) is 0 Å². The average molecular weight is 156 g/mol. The highest BCUT2D eigenvalue weighted by molar-refractivity contribution is 6.20. The smallest absolute Gasteiger partial charge is 0.0475 e. The van der Waals surface area contributed by atoms with Crippen molar-refractivity contribution in [2.45, 2.75) is 11.8 Å². The van der Waals surface area contributed by atoms with E-state index in [1.807, 2.05) is 0 Å². The number of hydrogen-bond acceptors (Lipinski definition) is 1. The maximum Gasteiger partial charge on any atom is 0.0475 e. The van der Waals surface area contributed by atoms with Crippen molar-refractivity contribution in [2.24, 2.45) is 0 Å². The molecule has 1 rings (SSSR count). The lowest BCUT2D eigenvalue weighted by Crippen LogP contribution is -2.13. The van der Waals surface area contributed by atoms with Crippen LogP contribution in [0.15, 0.2) is 0 Å². The van der Waals surface area contributed by atoms with Crippen LogP contribution in [0.2, 0.25) is 0 Å². The van der Waals surface area contributed by atoms with Crippen LogP contribution in [-0.4, -0.2) is 30.4 Å². The van der Waals surface area contributed by atoms with Gasteiger partial charge in [-0.2, -0.15) is 0 Å². The number of rotatable bonds is 0. The van der Waals surface area contributed by atoms with Crippen LogP contribution < -0.4 is 0 Å². The molecule has 8 heavy (non-hydrogen) atoms. The molecule has 1 saturated heterocycles. The van der Waals surface area contributed by atoms with Gasteiger partial charge in [-0.05, 0) is 20.0 Å². The van der Waals surface area contributed by atoms with Gasteiger partial charge in [0.2, 0.25) is 0 Å². The summed E-state index contributed by atoms with van der Waals surface area (Å²) in [6, 6.07) is 0. The molecule has 1 aliphatic heterocycles. The predicted molar refractivity (Wildman–Crippen MR) is 39.0 cm³/mol. The van der Waals surface area contributed by atoms with E-state index in [0.717, 1.165) is 13.0 Å². The quantitative estimate of drug-likeness (QED) is 0.478. The van der Waals surface area contributed by atoms with Gasteiger partial charge in [-0.15, -0.1) is 24.0 Å². The second-order valence-electron chi connectivity index (χ2n) is 2.15. The normalized spacial score (nSPS) is 30.0. The zero-order valence-corrected chi connectivity index (χ0v) is 6.50. The SMILES string of the molecule is CN1CCC(Cl)C1.Cl. The fraction of sp³-hybridized carbons (Fsp3) is 1.00. The van der Waals surface area contributed by atoms with E-state index in [0.29, 0.717) is 5.38 Å². The van der Waals surface area contributed by atoms with Crippen molar-refractivity contribution in [3.8, 4) is 0 Å². The summed E-state index contributed by atoms with van der Waals surface area (Å²) >= 11 is 5.77. The molecule has 0 radical (unpaired) electrons. The Morgan fingerprint density at radius 1 is 1.62 bits per heavy atom. The molecule has 0 amide bonds. The molecule has 0 aromatic rings. The molecule has 3 heteroatoms. The van der Waals surface area contributed by atoms with Gasteiger partial charge in [-0.3, -0.25) is 0 Å². The highest BCUT2D eigenvalue weighted by Crippen LogP contribution is 2.11. The Morgan fingerprint density at radius 3 is 2.38 bits per heavy atom. The van der Waals surface area contributed by atoms with E-state index in [1.54, 1.807) is 0 Å². The molecule has 0 bridgehead atoms. The van der Waals surface area contributed by atoms with Gasteiger partial charge in [-0.1, -0.05) is 0 Å². The van der Waals surface area contributed by atoms with Crippen LogP contribution in [0.5, 0.6) is 0 Å². The summed E-state index contributed by atoms with van der Waals surface area (Å²) < 4.78 is 0. The second kappa shape index (κ2) is 3.54. The Balaban J connectivity index is 0.000000490. The molecule has 1 fully saturated rings. The molecule has 1 heterocycles. The van der Waals surface area contributed by atoms with E-state index < -0.39 is 0 Å². The number of nitrogens with zero attached hydrogens (tertiary/aromatic N) is 1. The summed E-state index contributed by atoms with van der Waals surface area (Å²) in [4.78, 5) is 2.25. The molecule has 1 nitrogen and oxygen atoms in total. The minimum absolute atomic E-state index is 0. The lowest BCUT2D eigenvalue weighted by Gasteiger charge is -2.02. The maximum atomic E-state index is 5.77. The highest BCUT2D eigenvalue weighted by Gasteiger charge is 2.15. The average Bonchev–Trinajstić information content (AvgIpc) is 1.87. The second-order valence-corrected chi connectivity index (χ2v) is 2.77. The number of likely N-dealkylation sites (tertiary alicyclic amines) is 1. The predicted octanol–water partition coefficient (Wildman–Crippen LogP) is 1.35. The molecule has 1 unspecified atom stereocenters. The zero-order valence-electron chi connectivity index (χ0n) is 4.93. The van der Waals surface area contributed by atoms with E-state index in [1.165, 1.54) is 6.54 Å². The first-order valence-electron chi connectivity index (χ1n) is 2.61. The molecule has 1 atom stereocenters. The van der Waals surface area contributed by atoms with Crippen LogP contribution in [0.1, 0.15) is 6.42 Å². The van der Waals surface area contributed by atoms with Crippen molar-refractivity contribution >= 4 is 24.0 Å². The van der Waals surface area contributed by atoms with Crippen LogP contribution in [0.3, 0.4) is 0 Å².